The molecule has 0 saturated carbocycles. The number of urea groups is 1. The number of rotatable bonds is 9. The molecule has 0 atom stereocenters. The van der Waals surface area contributed by atoms with Crippen molar-refractivity contribution in [2.75, 3.05) is 7.05 Å². The Balaban J connectivity index is 2.68. The number of carbonyl (C=O) groups is 3. The Morgan fingerprint density at radius 3 is 2.24 bits per heavy atom. The number of hydrogen-bond donors (Lipinski definition) is 1. The fourth-order valence-corrected chi connectivity index (χ4v) is 2.61. The molecular formula is C18H24ClFN2O3. The van der Waals surface area contributed by atoms with Gasteiger partial charge in [0, 0.05) is 32.5 Å². The highest BCUT2D eigenvalue weighted by Crippen LogP contribution is 2.19. The van der Waals surface area contributed by atoms with Gasteiger partial charge in [0.25, 0.3) is 0 Å². The van der Waals surface area contributed by atoms with E-state index in [0.29, 0.717) is 31.2 Å². The summed E-state index contributed by atoms with van der Waals surface area (Å²) in [6.07, 6.45) is 1.67. The predicted molar refractivity (Wildman–Crippen MR) is 95.0 cm³/mol. The third kappa shape index (κ3) is 7.22. The molecular weight excluding hydrogens is 347 g/mol. The second-order valence-corrected chi connectivity index (χ2v) is 6.50. The number of benzene rings is 1. The Morgan fingerprint density at radius 1 is 1.16 bits per heavy atom. The van der Waals surface area contributed by atoms with E-state index in [1.807, 2.05) is 0 Å². The topological polar surface area (TPSA) is 66.5 Å². The van der Waals surface area contributed by atoms with Gasteiger partial charge in [0.1, 0.15) is 17.4 Å². The Bertz CT molecular complexity index is 619. The molecule has 0 saturated heterocycles. The summed E-state index contributed by atoms with van der Waals surface area (Å²) in [5.74, 6) is -0.469. The summed E-state index contributed by atoms with van der Waals surface area (Å²) < 4.78 is 13.4. The molecule has 0 aliphatic rings. The maximum Gasteiger partial charge on any atom is 0.317 e. The Labute approximate surface area is 152 Å². The number of nitrogens with zero attached hydrogens (tertiary/aromatic N) is 1. The van der Waals surface area contributed by atoms with E-state index in [1.165, 1.54) is 30.9 Å². The summed E-state index contributed by atoms with van der Waals surface area (Å²) in [5.41, 5.74) is 0.479. The largest absolute Gasteiger partial charge is 0.334 e. The molecule has 0 aliphatic carbocycles. The Hall–Kier alpha value is -1.95. The number of Topliss-reactive ketones (excluding diaryl/α,β-unsaturated/α-hetero) is 2. The highest BCUT2D eigenvalue weighted by molar-refractivity contribution is 6.31. The molecule has 0 heterocycles. The molecule has 25 heavy (non-hydrogen) atoms. The maximum atomic E-state index is 13.4. The lowest BCUT2D eigenvalue weighted by Crippen LogP contribution is -2.43. The summed E-state index contributed by atoms with van der Waals surface area (Å²) in [7, 11) is 1.62. The van der Waals surface area contributed by atoms with Gasteiger partial charge in [0.2, 0.25) is 0 Å². The molecule has 0 spiro atoms. The zero-order valence-electron chi connectivity index (χ0n) is 14.8. The van der Waals surface area contributed by atoms with E-state index in [9.17, 15) is 18.8 Å². The van der Waals surface area contributed by atoms with E-state index in [0.717, 1.165) is 0 Å². The average Bonchev–Trinajstić information content (AvgIpc) is 2.55. The van der Waals surface area contributed by atoms with Crippen LogP contribution >= 0.6 is 11.6 Å². The maximum absolute atomic E-state index is 13.4. The van der Waals surface area contributed by atoms with Crippen molar-refractivity contribution >= 4 is 29.2 Å². The van der Waals surface area contributed by atoms with E-state index in [2.05, 4.69) is 5.32 Å². The number of halogens is 2. The third-order valence-electron chi connectivity index (χ3n) is 3.99. The lowest BCUT2D eigenvalue weighted by Gasteiger charge is -2.28. The standard InChI is InChI=1S/C18H24ClFN2O3/c1-12(23)7-9-15(10-8-13(2)24)22(3)18(25)21-11-14-5-4-6-16(20)17(14)19/h4-6,15H,7-11H2,1-3H3,(H,21,25). The molecule has 5 nitrogen and oxygen atoms in total. The van der Waals surface area contributed by atoms with Crippen LogP contribution in [-0.4, -0.2) is 35.6 Å². The summed E-state index contributed by atoms with van der Waals surface area (Å²) in [6.45, 7) is 3.08. The van der Waals surface area contributed by atoms with Crippen LogP contribution in [0.2, 0.25) is 5.02 Å². The SMILES string of the molecule is CC(=O)CCC(CCC(C)=O)N(C)C(=O)NCc1cccc(F)c1Cl. The molecule has 0 aliphatic heterocycles. The molecule has 0 unspecified atom stereocenters. The first-order valence-corrected chi connectivity index (χ1v) is 8.52. The molecule has 1 rings (SSSR count). The zero-order chi connectivity index (χ0) is 19.0. The van der Waals surface area contributed by atoms with Gasteiger partial charge in [-0.15, -0.1) is 0 Å². The van der Waals surface area contributed by atoms with Gasteiger partial charge in [0.15, 0.2) is 0 Å². The van der Waals surface area contributed by atoms with Crippen LogP contribution in [0.5, 0.6) is 0 Å². The number of ketones is 2. The first-order chi connectivity index (χ1) is 11.7. The van der Waals surface area contributed by atoms with Crippen molar-refractivity contribution in [1.29, 1.82) is 0 Å². The van der Waals surface area contributed by atoms with Crippen LogP contribution < -0.4 is 5.32 Å². The first-order valence-electron chi connectivity index (χ1n) is 8.14. The minimum atomic E-state index is -0.539. The normalized spacial score (nSPS) is 10.6. The average molecular weight is 371 g/mol. The van der Waals surface area contributed by atoms with E-state index in [4.69, 9.17) is 11.6 Å². The lowest BCUT2D eigenvalue weighted by atomic mass is 10.0. The molecule has 0 aromatic heterocycles. The van der Waals surface area contributed by atoms with Gasteiger partial charge in [-0.1, -0.05) is 23.7 Å². The van der Waals surface area contributed by atoms with E-state index in [1.54, 1.807) is 13.1 Å². The van der Waals surface area contributed by atoms with Crippen molar-refractivity contribution in [2.45, 2.75) is 52.1 Å². The lowest BCUT2D eigenvalue weighted by molar-refractivity contribution is -0.117. The fourth-order valence-electron chi connectivity index (χ4n) is 2.42. The highest BCUT2D eigenvalue weighted by Gasteiger charge is 2.21. The minimum Gasteiger partial charge on any atom is -0.334 e. The van der Waals surface area contributed by atoms with Gasteiger partial charge in [-0.25, -0.2) is 9.18 Å². The van der Waals surface area contributed by atoms with Crippen LogP contribution in [0.3, 0.4) is 0 Å². The van der Waals surface area contributed by atoms with Crippen molar-refractivity contribution in [1.82, 2.24) is 10.2 Å². The van der Waals surface area contributed by atoms with Gasteiger partial charge in [-0.05, 0) is 38.3 Å². The molecule has 0 radical (unpaired) electrons. The van der Waals surface area contributed by atoms with Crippen molar-refractivity contribution < 1.29 is 18.8 Å². The zero-order valence-corrected chi connectivity index (χ0v) is 15.5. The molecule has 1 aromatic carbocycles. The highest BCUT2D eigenvalue weighted by atomic mass is 35.5. The van der Waals surface area contributed by atoms with E-state index in [-0.39, 0.29) is 35.2 Å². The molecule has 1 aromatic rings. The molecule has 0 fully saturated rings. The van der Waals surface area contributed by atoms with Crippen molar-refractivity contribution in [3.8, 4) is 0 Å². The summed E-state index contributed by atoms with van der Waals surface area (Å²) in [4.78, 5) is 36.3. The second-order valence-electron chi connectivity index (χ2n) is 6.12. The Morgan fingerprint density at radius 2 is 1.72 bits per heavy atom. The third-order valence-corrected chi connectivity index (χ3v) is 4.41. The van der Waals surface area contributed by atoms with Crippen LogP contribution in [0.25, 0.3) is 0 Å². The fraction of sp³-hybridized carbons (Fsp3) is 0.500. The summed E-state index contributed by atoms with van der Waals surface area (Å²) in [6, 6.07) is 3.82. The van der Waals surface area contributed by atoms with Crippen LogP contribution in [0, 0.1) is 5.82 Å². The number of nitrogens with one attached hydrogen (secondary N) is 1. The summed E-state index contributed by atoms with van der Waals surface area (Å²) >= 11 is 5.87. The molecule has 138 valence electrons. The molecule has 0 bridgehead atoms. The van der Waals surface area contributed by atoms with Crippen LogP contribution in [-0.2, 0) is 16.1 Å². The summed E-state index contributed by atoms with van der Waals surface area (Å²) in [5, 5.41) is 2.67. The van der Waals surface area contributed by atoms with Crippen LogP contribution in [0.4, 0.5) is 9.18 Å². The van der Waals surface area contributed by atoms with E-state index < -0.39 is 5.82 Å². The van der Waals surface area contributed by atoms with Crippen molar-refractivity contribution in [2.24, 2.45) is 0 Å². The van der Waals surface area contributed by atoms with Gasteiger partial charge < -0.3 is 19.8 Å². The van der Waals surface area contributed by atoms with Crippen LogP contribution in [0.1, 0.15) is 45.1 Å². The van der Waals surface area contributed by atoms with Crippen LogP contribution in [0.15, 0.2) is 18.2 Å². The van der Waals surface area contributed by atoms with Crippen molar-refractivity contribution in [3.05, 3.63) is 34.6 Å². The van der Waals surface area contributed by atoms with Gasteiger partial charge in [-0.2, -0.15) is 0 Å². The number of hydrogen-bond acceptors (Lipinski definition) is 3. The molecule has 2 amide bonds. The number of carbonyl (C=O) groups excluding carboxylic acids is 3. The molecule has 7 heteroatoms. The molecule has 1 N–H and O–H groups in total. The monoisotopic (exact) mass is 370 g/mol. The smallest absolute Gasteiger partial charge is 0.317 e. The van der Waals surface area contributed by atoms with E-state index >= 15 is 0 Å². The Kier molecular flexibility index (Phi) is 8.55. The quantitative estimate of drug-likeness (QED) is 0.720. The first kappa shape index (κ1) is 21.1. The van der Waals surface area contributed by atoms with Gasteiger partial charge >= 0.3 is 6.03 Å². The minimum absolute atomic E-state index is 0.0184. The van der Waals surface area contributed by atoms with Crippen molar-refractivity contribution in [3.63, 3.8) is 0 Å². The predicted octanol–water partition coefficient (Wildman–Crippen LogP) is 3.73. The van der Waals surface area contributed by atoms with Gasteiger partial charge in [-0.3, -0.25) is 0 Å². The van der Waals surface area contributed by atoms with Gasteiger partial charge in [0.05, 0.1) is 5.02 Å². The second kappa shape index (κ2) is 10.1. The number of amides is 2.